The van der Waals surface area contributed by atoms with Crippen molar-refractivity contribution in [3.63, 3.8) is 0 Å². The zero-order valence-corrected chi connectivity index (χ0v) is 8.67. The molecule has 15 heavy (non-hydrogen) atoms. The number of ether oxygens (including phenoxy) is 1. The Kier molecular flexibility index (Phi) is 1.35. The minimum absolute atomic E-state index is 0.0170. The molecule has 2 saturated heterocycles. The maximum absolute atomic E-state index is 12.1. The lowest BCUT2D eigenvalue weighted by molar-refractivity contribution is -0.150. The van der Waals surface area contributed by atoms with Crippen molar-refractivity contribution in [1.29, 1.82) is 0 Å². The van der Waals surface area contributed by atoms with Crippen molar-refractivity contribution in [2.75, 3.05) is 6.54 Å². The van der Waals surface area contributed by atoms with Gasteiger partial charge in [0, 0.05) is 12.5 Å². The van der Waals surface area contributed by atoms with Gasteiger partial charge >= 0.3 is 0 Å². The fourth-order valence-corrected chi connectivity index (χ4v) is 4.48. The molecule has 0 aromatic heterocycles. The lowest BCUT2D eigenvalue weighted by Gasteiger charge is -2.29. The topological polar surface area (TPSA) is 49.8 Å². The van der Waals surface area contributed by atoms with E-state index in [-0.39, 0.29) is 36.2 Å². The van der Waals surface area contributed by atoms with Gasteiger partial charge in [-0.25, -0.2) is 0 Å². The van der Waals surface area contributed by atoms with E-state index in [1.807, 2.05) is 11.8 Å². The van der Waals surface area contributed by atoms with Crippen molar-refractivity contribution in [1.82, 2.24) is 4.90 Å². The van der Waals surface area contributed by atoms with E-state index >= 15 is 0 Å². The maximum Gasteiger partial charge on any atom is 0.228 e. The van der Waals surface area contributed by atoms with Crippen molar-refractivity contribution in [2.45, 2.75) is 31.8 Å². The van der Waals surface area contributed by atoms with E-state index in [2.05, 4.69) is 0 Å². The zero-order chi connectivity index (χ0) is 10.3. The molecule has 1 N–H and O–H groups in total. The highest BCUT2D eigenvalue weighted by molar-refractivity contribution is 5.83. The maximum atomic E-state index is 12.1. The minimum atomic E-state index is -0.385. The first-order chi connectivity index (χ1) is 7.24. The molecule has 7 atom stereocenters. The summed E-state index contributed by atoms with van der Waals surface area (Å²) in [6.45, 7) is 2.73. The van der Waals surface area contributed by atoms with Crippen molar-refractivity contribution in [3.05, 3.63) is 0 Å². The van der Waals surface area contributed by atoms with Crippen LogP contribution >= 0.6 is 0 Å². The van der Waals surface area contributed by atoms with Crippen LogP contribution in [0.3, 0.4) is 0 Å². The molecule has 4 aliphatic rings. The van der Waals surface area contributed by atoms with Crippen LogP contribution in [0.25, 0.3) is 0 Å². The number of hydrogen-bond acceptors (Lipinski definition) is 3. The smallest absolute Gasteiger partial charge is 0.228 e. The van der Waals surface area contributed by atoms with Crippen molar-refractivity contribution in [2.24, 2.45) is 23.7 Å². The highest BCUT2D eigenvalue weighted by Crippen LogP contribution is 2.63. The molecule has 2 aliphatic heterocycles. The second kappa shape index (κ2) is 2.38. The van der Waals surface area contributed by atoms with Crippen LogP contribution in [0.15, 0.2) is 0 Å². The number of carbonyl (C=O) groups excluding carboxylic acids is 1. The molecule has 0 spiro atoms. The summed E-state index contributed by atoms with van der Waals surface area (Å²) in [6, 6.07) is 0. The molecule has 2 bridgehead atoms. The van der Waals surface area contributed by atoms with Gasteiger partial charge < -0.3 is 14.7 Å². The number of nitrogens with zero attached hydrogens (tertiary/aromatic N) is 1. The molecular weight excluding hydrogens is 194 g/mol. The van der Waals surface area contributed by atoms with Crippen LogP contribution in [-0.4, -0.2) is 40.9 Å². The number of carbonyl (C=O) groups is 1. The molecule has 2 aliphatic carbocycles. The molecule has 4 rings (SSSR count). The lowest BCUT2D eigenvalue weighted by Crippen LogP contribution is -2.43. The molecule has 0 aromatic rings. The molecule has 4 heteroatoms. The van der Waals surface area contributed by atoms with E-state index < -0.39 is 0 Å². The molecule has 0 radical (unpaired) electrons. The number of hydrogen-bond donors (Lipinski definition) is 1. The molecule has 2 saturated carbocycles. The van der Waals surface area contributed by atoms with Crippen LogP contribution in [0.2, 0.25) is 0 Å². The summed E-state index contributed by atoms with van der Waals surface area (Å²) in [6.07, 6.45) is 0.610. The number of fused-ring (bicyclic) bond motifs is 2. The van der Waals surface area contributed by atoms with Crippen LogP contribution in [0, 0.1) is 23.7 Å². The highest BCUT2D eigenvalue weighted by Gasteiger charge is 2.72. The van der Waals surface area contributed by atoms with Crippen molar-refractivity contribution >= 4 is 5.91 Å². The Morgan fingerprint density at radius 1 is 1.53 bits per heavy atom. The second-order valence-corrected chi connectivity index (χ2v) is 5.27. The summed E-state index contributed by atoms with van der Waals surface area (Å²) in [5, 5.41) is 10.0. The Labute approximate surface area is 88.2 Å². The van der Waals surface area contributed by atoms with Gasteiger partial charge in [0.15, 0.2) is 0 Å². The van der Waals surface area contributed by atoms with Gasteiger partial charge in [-0.2, -0.15) is 0 Å². The van der Waals surface area contributed by atoms with Crippen LogP contribution in [-0.2, 0) is 9.53 Å². The van der Waals surface area contributed by atoms with E-state index in [0.29, 0.717) is 11.8 Å². The van der Waals surface area contributed by atoms with Gasteiger partial charge in [-0.1, -0.05) is 0 Å². The lowest BCUT2D eigenvalue weighted by atomic mass is 9.80. The summed E-state index contributed by atoms with van der Waals surface area (Å²) in [5.41, 5.74) is 0. The number of likely N-dealkylation sites (tertiary alicyclic amines) is 1. The van der Waals surface area contributed by atoms with Crippen LogP contribution in [0.5, 0.6) is 0 Å². The molecule has 2 heterocycles. The Morgan fingerprint density at radius 2 is 2.33 bits per heavy atom. The summed E-state index contributed by atoms with van der Waals surface area (Å²) in [5.74, 6) is 1.29. The average molecular weight is 209 g/mol. The fraction of sp³-hybridized carbons (Fsp3) is 0.909. The third kappa shape index (κ3) is 0.712. The predicted molar refractivity (Wildman–Crippen MR) is 50.6 cm³/mol. The zero-order valence-electron chi connectivity index (χ0n) is 8.67. The minimum Gasteiger partial charge on any atom is -0.390 e. The summed E-state index contributed by atoms with van der Waals surface area (Å²) >= 11 is 0. The molecule has 82 valence electrons. The van der Waals surface area contributed by atoms with Gasteiger partial charge in [0.05, 0.1) is 18.1 Å². The van der Waals surface area contributed by atoms with Gasteiger partial charge in [-0.05, 0) is 25.2 Å². The van der Waals surface area contributed by atoms with E-state index in [4.69, 9.17) is 4.74 Å². The SMILES string of the molecule is CCN1C(=O)C2C3CC4C(OC1C42)C3O. The van der Waals surface area contributed by atoms with E-state index in [1.165, 1.54) is 0 Å². The first kappa shape index (κ1) is 8.53. The molecule has 0 aromatic carbocycles. The monoisotopic (exact) mass is 209 g/mol. The Bertz CT molecular complexity index is 345. The quantitative estimate of drug-likeness (QED) is 0.651. The number of amides is 1. The fourth-order valence-electron chi connectivity index (χ4n) is 4.48. The molecule has 7 unspecified atom stereocenters. The Morgan fingerprint density at radius 3 is 3.07 bits per heavy atom. The molecule has 1 amide bonds. The standard InChI is InChI=1S/C11H15NO3/c1-2-12-10(14)6-4-3-5-7(6)11(12)15-9(5)8(4)13/h4-9,11,13H,2-3H2,1H3. The summed E-state index contributed by atoms with van der Waals surface area (Å²) < 4.78 is 5.87. The van der Waals surface area contributed by atoms with Gasteiger partial charge in [0.25, 0.3) is 0 Å². The normalized spacial score (nSPS) is 59.7. The average Bonchev–Trinajstić information content (AvgIpc) is 2.84. The summed E-state index contributed by atoms with van der Waals surface area (Å²) in [7, 11) is 0. The Balaban J connectivity index is 1.82. The molecule has 4 nitrogen and oxygen atoms in total. The Hall–Kier alpha value is -0.610. The number of aliphatic hydroxyl groups excluding tert-OH is 1. The van der Waals surface area contributed by atoms with Gasteiger partial charge in [0.2, 0.25) is 5.91 Å². The number of aliphatic hydroxyl groups is 1. The van der Waals surface area contributed by atoms with Gasteiger partial charge in [0.1, 0.15) is 6.23 Å². The van der Waals surface area contributed by atoms with Crippen LogP contribution in [0.1, 0.15) is 13.3 Å². The van der Waals surface area contributed by atoms with Crippen molar-refractivity contribution < 1.29 is 14.6 Å². The first-order valence-electron chi connectivity index (χ1n) is 5.88. The highest BCUT2D eigenvalue weighted by atomic mass is 16.5. The van der Waals surface area contributed by atoms with Gasteiger partial charge in [-0.3, -0.25) is 4.79 Å². The number of rotatable bonds is 1. The van der Waals surface area contributed by atoms with E-state index in [9.17, 15) is 9.90 Å². The summed E-state index contributed by atoms with van der Waals surface area (Å²) in [4.78, 5) is 14.0. The van der Waals surface area contributed by atoms with Crippen molar-refractivity contribution in [3.8, 4) is 0 Å². The third-order valence-electron chi connectivity index (χ3n) is 4.95. The van der Waals surface area contributed by atoms with Gasteiger partial charge in [-0.15, -0.1) is 0 Å². The first-order valence-corrected chi connectivity index (χ1v) is 5.88. The largest absolute Gasteiger partial charge is 0.390 e. The molecule has 4 fully saturated rings. The van der Waals surface area contributed by atoms with E-state index in [0.717, 1.165) is 13.0 Å². The molecular formula is C11H15NO3. The van der Waals surface area contributed by atoms with Crippen LogP contribution in [0.4, 0.5) is 0 Å². The van der Waals surface area contributed by atoms with Crippen LogP contribution < -0.4 is 0 Å². The second-order valence-electron chi connectivity index (χ2n) is 5.27. The third-order valence-corrected chi connectivity index (χ3v) is 4.95. The predicted octanol–water partition coefficient (Wildman–Crippen LogP) is -0.184. The van der Waals surface area contributed by atoms with E-state index in [1.54, 1.807) is 0 Å².